The second-order valence-corrected chi connectivity index (χ2v) is 8.45. The van der Waals surface area contributed by atoms with Crippen molar-refractivity contribution in [1.29, 1.82) is 0 Å². The molecule has 0 aromatic heterocycles. The van der Waals surface area contributed by atoms with E-state index in [9.17, 15) is 9.59 Å². The number of likely N-dealkylation sites (tertiary alicyclic amines) is 1. The molecule has 0 unspecified atom stereocenters. The summed E-state index contributed by atoms with van der Waals surface area (Å²) in [5.74, 6) is 0.264. The van der Waals surface area contributed by atoms with Gasteiger partial charge in [-0.15, -0.1) is 0 Å². The van der Waals surface area contributed by atoms with Gasteiger partial charge in [0.1, 0.15) is 5.75 Å². The smallest absolute Gasteiger partial charge is 0.226 e. The molecule has 2 heterocycles. The minimum absolute atomic E-state index is 0.0332. The summed E-state index contributed by atoms with van der Waals surface area (Å²) >= 11 is 6.16. The third-order valence-corrected chi connectivity index (χ3v) is 6.14. The van der Waals surface area contributed by atoms with Gasteiger partial charge in [0.25, 0.3) is 0 Å². The van der Waals surface area contributed by atoms with Crippen molar-refractivity contribution in [1.82, 2.24) is 10.2 Å². The average Bonchev–Trinajstić information content (AvgIpc) is 2.97. The molecule has 0 bridgehead atoms. The summed E-state index contributed by atoms with van der Waals surface area (Å²) in [6.07, 6.45) is 0.905. The van der Waals surface area contributed by atoms with Crippen LogP contribution in [0.4, 0.5) is 0 Å². The number of hydrogen-bond donors (Lipinski definition) is 1. The van der Waals surface area contributed by atoms with Gasteiger partial charge in [-0.2, -0.15) is 0 Å². The first-order valence-electron chi connectivity index (χ1n) is 9.90. The van der Waals surface area contributed by atoms with E-state index in [0.717, 1.165) is 28.0 Å². The first kappa shape index (κ1) is 19.8. The maximum atomic E-state index is 13.3. The van der Waals surface area contributed by atoms with Gasteiger partial charge in [0.05, 0.1) is 24.6 Å². The maximum Gasteiger partial charge on any atom is 0.226 e. The number of aryl methyl sites for hydroxylation is 2. The van der Waals surface area contributed by atoms with E-state index in [0.29, 0.717) is 18.1 Å². The Kier molecular flexibility index (Phi) is 5.26. The summed E-state index contributed by atoms with van der Waals surface area (Å²) in [5, 5.41) is 3.79. The molecular formula is C23H25ClN2O3. The van der Waals surface area contributed by atoms with E-state index in [1.165, 1.54) is 0 Å². The zero-order valence-corrected chi connectivity index (χ0v) is 17.6. The Balaban J connectivity index is 1.61. The Morgan fingerprint density at radius 3 is 2.79 bits per heavy atom. The van der Waals surface area contributed by atoms with E-state index in [-0.39, 0.29) is 30.3 Å². The zero-order chi connectivity index (χ0) is 20.7. The monoisotopic (exact) mass is 412 g/mol. The van der Waals surface area contributed by atoms with Crippen LogP contribution in [-0.2, 0) is 9.59 Å². The predicted octanol–water partition coefficient (Wildman–Crippen LogP) is 4.12. The number of carbonyl (C=O) groups is 2. The molecule has 0 aliphatic carbocycles. The number of benzene rings is 2. The number of nitrogens with one attached hydrogen (secondary N) is 1. The van der Waals surface area contributed by atoms with E-state index < -0.39 is 5.92 Å². The van der Waals surface area contributed by atoms with E-state index >= 15 is 0 Å². The fourth-order valence-electron chi connectivity index (χ4n) is 4.56. The molecule has 2 amide bonds. The summed E-state index contributed by atoms with van der Waals surface area (Å²) in [4.78, 5) is 27.4. The van der Waals surface area contributed by atoms with Gasteiger partial charge in [-0.25, -0.2) is 0 Å². The van der Waals surface area contributed by atoms with Crippen LogP contribution < -0.4 is 10.1 Å². The van der Waals surface area contributed by atoms with Gasteiger partial charge < -0.3 is 15.0 Å². The number of rotatable bonds is 3. The fourth-order valence-corrected chi connectivity index (χ4v) is 4.76. The van der Waals surface area contributed by atoms with Crippen LogP contribution in [0.3, 0.4) is 0 Å². The van der Waals surface area contributed by atoms with Crippen molar-refractivity contribution in [2.24, 2.45) is 5.92 Å². The third kappa shape index (κ3) is 3.71. The summed E-state index contributed by atoms with van der Waals surface area (Å²) in [5.41, 5.74) is 4.11. The second-order valence-electron chi connectivity index (χ2n) is 8.01. The molecule has 4 rings (SSSR count). The summed E-state index contributed by atoms with van der Waals surface area (Å²) in [7, 11) is 1.75. The van der Waals surface area contributed by atoms with Crippen molar-refractivity contribution < 1.29 is 14.3 Å². The van der Waals surface area contributed by atoms with Crippen molar-refractivity contribution in [3.8, 4) is 5.75 Å². The van der Waals surface area contributed by atoms with Crippen molar-refractivity contribution >= 4 is 23.4 Å². The molecule has 29 heavy (non-hydrogen) atoms. The molecule has 2 aliphatic heterocycles. The Labute approximate surface area is 176 Å². The van der Waals surface area contributed by atoms with E-state index in [4.69, 9.17) is 16.3 Å². The molecule has 2 aromatic rings. The molecule has 2 aliphatic rings. The Morgan fingerprint density at radius 1 is 1.24 bits per heavy atom. The second kappa shape index (κ2) is 7.71. The first-order valence-corrected chi connectivity index (χ1v) is 10.3. The van der Waals surface area contributed by atoms with Gasteiger partial charge in [0, 0.05) is 30.5 Å². The summed E-state index contributed by atoms with van der Waals surface area (Å²) in [6, 6.07) is 11.1. The predicted molar refractivity (Wildman–Crippen MR) is 112 cm³/mol. The lowest BCUT2D eigenvalue weighted by atomic mass is 9.91. The highest BCUT2D eigenvalue weighted by Gasteiger charge is 2.43. The number of fused-ring (bicyclic) bond motifs is 1. The number of hydrogen-bond acceptors (Lipinski definition) is 3. The van der Waals surface area contributed by atoms with Crippen molar-refractivity contribution in [2.75, 3.05) is 13.7 Å². The number of ether oxygens (including phenoxy) is 1. The van der Waals surface area contributed by atoms with Gasteiger partial charge in [-0.05, 0) is 37.1 Å². The Morgan fingerprint density at radius 2 is 2.03 bits per heavy atom. The van der Waals surface area contributed by atoms with Crippen LogP contribution in [0.1, 0.15) is 47.2 Å². The molecule has 1 fully saturated rings. The molecule has 2 aromatic carbocycles. The fraction of sp³-hybridized carbons (Fsp3) is 0.391. The summed E-state index contributed by atoms with van der Waals surface area (Å²) in [6.45, 7) is 4.62. The van der Waals surface area contributed by atoms with Crippen LogP contribution in [0.5, 0.6) is 5.75 Å². The molecule has 3 atom stereocenters. The standard InChI is InChI=1S/C23H25ClN2O3/c1-13-9-14(2)22-17(10-13)19(7-8-29-22)25-23(28)18-12-20(27)26(3)21(18)15-5-4-6-16(24)11-15/h4-6,9-11,18-19,21H,7-8,12H2,1-3H3,(H,25,28)/t18-,19+,21-/m0/s1. The van der Waals surface area contributed by atoms with Crippen molar-refractivity contribution in [3.05, 3.63) is 63.7 Å². The molecule has 0 radical (unpaired) electrons. The van der Waals surface area contributed by atoms with Crippen molar-refractivity contribution in [3.63, 3.8) is 0 Å². The van der Waals surface area contributed by atoms with Crippen LogP contribution in [0.2, 0.25) is 5.02 Å². The highest BCUT2D eigenvalue weighted by Crippen LogP contribution is 2.40. The first-order chi connectivity index (χ1) is 13.8. The van der Waals surface area contributed by atoms with Gasteiger partial charge in [0.2, 0.25) is 11.8 Å². The van der Waals surface area contributed by atoms with Gasteiger partial charge in [-0.3, -0.25) is 9.59 Å². The average molecular weight is 413 g/mol. The quantitative estimate of drug-likeness (QED) is 0.825. The topological polar surface area (TPSA) is 58.6 Å². The lowest BCUT2D eigenvalue weighted by Crippen LogP contribution is -2.38. The van der Waals surface area contributed by atoms with Crippen LogP contribution in [-0.4, -0.2) is 30.4 Å². The normalized spacial score (nSPS) is 23.5. The van der Waals surface area contributed by atoms with Crippen LogP contribution in [0, 0.1) is 19.8 Å². The number of halogens is 1. The molecule has 6 heteroatoms. The number of amides is 2. The third-order valence-electron chi connectivity index (χ3n) is 5.91. The van der Waals surface area contributed by atoms with Crippen molar-refractivity contribution in [2.45, 2.75) is 38.8 Å². The van der Waals surface area contributed by atoms with Gasteiger partial charge >= 0.3 is 0 Å². The molecule has 5 nitrogen and oxygen atoms in total. The molecule has 152 valence electrons. The molecule has 0 saturated carbocycles. The SMILES string of the molecule is Cc1cc(C)c2c(c1)[C@H](NC(=O)[C@H]1CC(=O)N(C)[C@H]1c1cccc(Cl)c1)CCO2. The van der Waals surface area contributed by atoms with Gasteiger partial charge in [-0.1, -0.05) is 41.4 Å². The van der Waals surface area contributed by atoms with E-state index in [1.807, 2.05) is 32.0 Å². The van der Waals surface area contributed by atoms with E-state index in [1.54, 1.807) is 18.0 Å². The molecule has 1 N–H and O–H groups in total. The Hall–Kier alpha value is -2.53. The minimum atomic E-state index is -0.455. The number of nitrogens with zero attached hydrogens (tertiary/aromatic N) is 1. The minimum Gasteiger partial charge on any atom is -0.493 e. The Bertz CT molecular complexity index is 975. The molecular weight excluding hydrogens is 388 g/mol. The summed E-state index contributed by atoms with van der Waals surface area (Å²) < 4.78 is 5.86. The zero-order valence-electron chi connectivity index (χ0n) is 16.9. The molecule has 1 saturated heterocycles. The lowest BCUT2D eigenvalue weighted by Gasteiger charge is -2.31. The lowest BCUT2D eigenvalue weighted by molar-refractivity contribution is -0.128. The maximum absolute atomic E-state index is 13.3. The van der Waals surface area contributed by atoms with Crippen LogP contribution >= 0.6 is 11.6 Å². The largest absolute Gasteiger partial charge is 0.493 e. The highest BCUT2D eigenvalue weighted by atomic mass is 35.5. The van der Waals surface area contributed by atoms with Crippen LogP contribution in [0.15, 0.2) is 36.4 Å². The molecule has 0 spiro atoms. The number of carbonyl (C=O) groups excluding carboxylic acids is 2. The van der Waals surface area contributed by atoms with Gasteiger partial charge in [0.15, 0.2) is 0 Å². The highest BCUT2D eigenvalue weighted by molar-refractivity contribution is 6.30. The van der Waals surface area contributed by atoms with Crippen LogP contribution in [0.25, 0.3) is 0 Å². The van der Waals surface area contributed by atoms with E-state index in [2.05, 4.69) is 17.4 Å².